The van der Waals surface area contributed by atoms with E-state index in [0.717, 1.165) is 24.9 Å². The van der Waals surface area contributed by atoms with Crippen LogP contribution in [-0.2, 0) is 11.3 Å². The average Bonchev–Trinajstić information content (AvgIpc) is 2.97. The molecule has 1 aromatic carbocycles. The first-order chi connectivity index (χ1) is 10.7. The minimum absolute atomic E-state index is 0.127. The third-order valence-corrected chi connectivity index (χ3v) is 4.84. The van der Waals surface area contributed by atoms with Crippen LogP contribution in [0.25, 0.3) is 0 Å². The lowest BCUT2D eigenvalue weighted by molar-refractivity contribution is -0.0636. The molecule has 2 fully saturated rings. The van der Waals surface area contributed by atoms with Crippen LogP contribution in [0, 0.1) is 23.1 Å². The third-order valence-electron chi connectivity index (χ3n) is 4.84. The largest absolute Gasteiger partial charge is 0.393 e. The van der Waals surface area contributed by atoms with E-state index in [4.69, 9.17) is 4.74 Å². The van der Waals surface area contributed by atoms with E-state index in [1.165, 1.54) is 12.1 Å². The van der Waals surface area contributed by atoms with E-state index in [0.29, 0.717) is 31.7 Å². The van der Waals surface area contributed by atoms with Crippen LogP contribution in [0.5, 0.6) is 0 Å². The van der Waals surface area contributed by atoms with Crippen molar-refractivity contribution in [1.29, 1.82) is 5.26 Å². The molecule has 2 aliphatic rings. The summed E-state index contributed by atoms with van der Waals surface area (Å²) in [4.78, 5) is 2.30. The lowest BCUT2D eigenvalue weighted by Crippen LogP contribution is -2.45. The zero-order valence-electron chi connectivity index (χ0n) is 12.5. The second-order valence-electron chi connectivity index (χ2n) is 6.19. The Hall–Kier alpha value is -1.48. The minimum Gasteiger partial charge on any atom is -0.393 e. The number of aliphatic hydroxyl groups excluding tert-OH is 1. The fourth-order valence-electron chi connectivity index (χ4n) is 3.66. The number of ether oxygens (including phenoxy) is 1. The fraction of sp³-hybridized carbons (Fsp3) is 0.588. The van der Waals surface area contributed by atoms with E-state index in [1.54, 1.807) is 6.07 Å². The van der Waals surface area contributed by atoms with Gasteiger partial charge in [0.1, 0.15) is 5.82 Å². The Kier molecular flexibility index (Phi) is 4.72. The van der Waals surface area contributed by atoms with E-state index in [-0.39, 0.29) is 23.9 Å². The van der Waals surface area contributed by atoms with Gasteiger partial charge in [0.2, 0.25) is 0 Å². The quantitative estimate of drug-likeness (QED) is 0.928. The summed E-state index contributed by atoms with van der Waals surface area (Å²) in [6.45, 7) is 2.78. The van der Waals surface area contributed by atoms with E-state index >= 15 is 0 Å². The van der Waals surface area contributed by atoms with Crippen molar-refractivity contribution in [2.75, 3.05) is 19.8 Å². The molecular formula is C17H21FN2O2. The molecule has 0 amide bonds. The Labute approximate surface area is 130 Å². The lowest BCUT2D eigenvalue weighted by Gasteiger charge is -2.37. The first-order valence-electron chi connectivity index (χ1n) is 7.87. The molecule has 1 N–H and O–H groups in total. The SMILES string of the molecule is N#Cc1cc(F)ccc1CN1CCC[C@@H]1[C@@H]1COCC[C@@H]1O. The standard InChI is InChI=1S/C17H21FN2O2/c18-14-4-3-12(13(8-14)9-19)10-20-6-1-2-16(20)15-11-22-7-5-17(15)21/h3-4,8,15-17,21H,1-2,5-7,10-11H2/t15-,16+,17-/m0/s1. The van der Waals surface area contributed by atoms with Gasteiger partial charge in [-0.3, -0.25) is 4.90 Å². The highest BCUT2D eigenvalue weighted by atomic mass is 19.1. The second-order valence-corrected chi connectivity index (χ2v) is 6.19. The van der Waals surface area contributed by atoms with Crippen LogP contribution in [0.2, 0.25) is 0 Å². The van der Waals surface area contributed by atoms with Gasteiger partial charge in [-0.2, -0.15) is 5.26 Å². The van der Waals surface area contributed by atoms with Crippen molar-refractivity contribution >= 4 is 0 Å². The molecule has 2 saturated heterocycles. The van der Waals surface area contributed by atoms with Crippen molar-refractivity contribution in [2.24, 2.45) is 5.92 Å². The Morgan fingerprint density at radius 3 is 3.05 bits per heavy atom. The van der Waals surface area contributed by atoms with Crippen LogP contribution < -0.4 is 0 Å². The molecule has 0 spiro atoms. The number of halogens is 1. The molecule has 3 rings (SSSR count). The number of nitrogens with zero attached hydrogens (tertiary/aromatic N) is 2. The molecule has 3 atom stereocenters. The predicted octanol–water partition coefficient (Wildman–Crippen LogP) is 2.06. The maximum atomic E-state index is 13.3. The Balaban J connectivity index is 1.75. The van der Waals surface area contributed by atoms with Gasteiger partial charge < -0.3 is 9.84 Å². The molecule has 0 aromatic heterocycles. The number of benzene rings is 1. The van der Waals surface area contributed by atoms with Crippen LogP contribution in [-0.4, -0.2) is 41.9 Å². The summed E-state index contributed by atoms with van der Waals surface area (Å²) in [5, 5.41) is 19.4. The van der Waals surface area contributed by atoms with E-state index in [9.17, 15) is 14.8 Å². The monoisotopic (exact) mass is 304 g/mol. The Morgan fingerprint density at radius 1 is 1.41 bits per heavy atom. The summed E-state index contributed by atoms with van der Waals surface area (Å²) in [7, 11) is 0. The molecule has 1 aromatic rings. The van der Waals surface area contributed by atoms with Crippen LogP contribution in [0.3, 0.4) is 0 Å². The highest BCUT2D eigenvalue weighted by Crippen LogP contribution is 2.31. The highest BCUT2D eigenvalue weighted by Gasteiger charge is 2.37. The molecule has 0 aliphatic carbocycles. The number of hydrogen-bond acceptors (Lipinski definition) is 4. The molecular weight excluding hydrogens is 283 g/mol. The fourth-order valence-corrected chi connectivity index (χ4v) is 3.66. The Bertz CT molecular complexity index is 572. The van der Waals surface area contributed by atoms with Gasteiger partial charge in [-0.25, -0.2) is 4.39 Å². The molecule has 2 heterocycles. The van der Waals surface area contributed by atoms with Gasteiger partial charge in [0, 0.05) is 25.1 Å². The maximum Gasteiger partial charge on any atom is 0.124 e. The molecule has 5 heteroatoms. The molecule has 0 bridgehead atoms. The topological polar surface area (TPSA) is 56.5 Å². The number of hydrogen-bond donors (Lipinski definition) is 1. The smallest absolute Gasteiger partial charge is 0.124 e. The summed E-state index contributed by atoms with van der Waals surface area (Å²) < 4.78 is 18.8. The second kappa shape index (κ2) is 6.74. The van der Waals surface area contributed by atoms with Gasteiger partial charge in [0.15, 0.2) is 0 Å². The van der Waals surface area contributed by atoms with Gasteiger partial charge in [-0.1, -0.05) is 6.07 Å². The molecule has 4 nitrogen and oxygen atoms in total. The van der Waals surface area contributed by atoms with Gasteiger partial charge >= 0.3 is 0 Å². The zero-order valence-corrected chi connectivity index (χ0v) is 12.5. The lowest BCUT2D eigenvalue weighted by atomic mass is 9.89. The highest BCUT2D eigenvalue weighted by molar-refractivity contribution is 5.38. The summed E-state index contributed by atoms with van der Waals surface area (Å²) in [6, 6.07) is 6.73. The molecule has 0 saturated carbocycles. The average molecular weight is 304 g/mol. The van der Waals surface area contributed by atoms with Crippen molar-refractivity contribution in [1.82, 2.24) is 4.90 Å². The number of likely N-dealkylation sites (tertiary alicyclic amines) is 1. The number of aliphatic hydroxyl groups is 1. The normalized spacial score (nSPS) is 29.4. The molecule has 22 heavy (non-hydrogen) atoms. The number of rotatable bonds is 3. The van der Waals surface area contributed by atoms with Crippen LogP contribution in [0.15, 0.2) is 18.2 Å². The van der Waals surface area contributed by atoms with Gasteiger partial charge in [0.05, 0.1) is 24.3 Å². The Morgan fingerprint density at radius 2 is 2.27 bits per heavy atom. The predicted molar refractivity (Wildman–Crippen MR) is 79.5 cm³/mol. The summed E-state index contributed by atoms with van der Waals surface area (Å²) >= 11 is 0. The summed E-state index contributed by atoms with van der Waals surface area (Å²) in [6.07, 6.45) is 2.49. The molecule has 0 radical (unpaired) electrons. The summed E-state index contributed by atoms with van der Waals surface area (Å²) in [5.41, 5.74) is 1.24. The van der Waals surface area contributed by atoms with E-state index in [2.05, 4.69) is 11.0 Å². The minimum atomic E-state index is -0.380. The van der Waals surface area contributed by atoms with Crippen molar-refractivity contribution in [2.45, 2.75) is 38.0 Å². The van der Waals surface area contributed by atoms with Crippen LogP contribution in [0.1, 0.15) is 30.4 Å². The third kappa shape index (κ3) is 3.14. The van der Waals surface area contributed by atoms with Crippen molar-refractivity contribution in [3.05, 3.63) is 35.1 Å². The van der Waals surface area contributed by atoms with E-state index in [1.807, 2.05) is 0 Å². The van der Waals surface area contributed by atoms with Crippen molar-refractivity contribution in [3.8, 4) is 6.07 Å². The van der Waals surface area contributed by atoms with Crippen molar-refractivity contribution < 1.29 is 14.2 Å². The summed E-state index contributed by atoms with van der Waals surface area (Å²) in [5.74, 6) is -0.253. The van der Waals surface area contributed by atoms with Gasteiger partial charge in [0.25, 0.3) is 0 Å². The van der Waals surface area contributed by atoms with Gasteiger partial charge in [-0.15, -0.1) is 0 Å². The van der Waals surface area contributed by atoms with Crippen LogP contribution in [0.4, 0.5) is 4.39 Å². The van der Waals surface area contributed by atoms with Gasteiger partial charge in [-0.05, 0) is 43.5 Å². The first-order valence-corrected chi connectivity index (χ1v) is 7.87. The molecule has 118 valence electrons. The first kappa shape index (κ1) is 15.4. The molecule has 2 aliphatic heterocycles. The van der Waals surface area contributed by atoms with Crippen LogP contribution >= 0.6 is 0 Å². The van der Waals surface area contributed by atoms with E-state index < -0.39 is 0 Å². The maximum absolute atomic E-state index is 13.3. The zero-order chi connectivity index (χ0) is 15.5. The number of nitriles is 1. The van der Waals surface area contributed by atoms with Crippen molar-refractivity contribution in [3.63, 3.8) is 0 Å². The molecule has 0 unspecified atom stereocenters.